The van der Waals surface area contributed by atoms with Gasteiger partial charge in [-0.05, 0) is 79.3 Å². The molecule has 0 spiro atoms. The van der Waals surface area contributed by atoms with Crippen molar-refractivity contribution in [2.45, 2.75) is 6.92 Å². The lowest BCUT2D eigenvalue weighted by atomic mass is 10.2. The van der Waals surface area contributed by atoms with Gasteiger partial charge < -0.3 is 10.6 Å². The standard InChI is InChI=1S/C21H15Cl2N3S2/c1-12-2-9-17-19(10-12)28-20(25-17)13-3-6-15(7-4-13)24-21(27)26-18-11-14(22)5-8-16(18)23/h2-11H,1H3,(H2,24,26,27). The Balaban J connectivity index is 1.48. The van der Waals surface area contributed by atoms with Gasteiger partial charge in [0.25, 0.3) is 0 Å². The maximum absolute atomic E-state index is 6.16. The largest absolute Gasteiger partial charge is 0.332 e. The fraction of sp³-hybridized carbons (Fsp3) is 0.0476. The van der Waals surface area contributed by atoms with Gasteiger partial charge >= 0.3 is 0 Å². The number of anilines is 2. The van der Waals surface area contributed by atoms with Crippen molar-refractivity contribution in [3.05, 3.63) is 76.3 Å². The molecule has 0 saturated heterocycles. The van der Waals surface area contributed by atoms with Crippen molar-refractivity contribution in [3.63, 3.8) is 0 Å². The van der Waals surface area contributed by atoms with Crippen molar-refractivity contribution in [2.75, 3.05) is 10.6 Å². The third-order valence-electron chi connectivity index (χ3n) is 4.11. The number of benzene rings is 3. The van der Waals surface area contributed by atoms with E-state index in [0.717, 1.165) is 21.8 Å². The van der Waals surface area contributed by atoms with Gasteiger partial charge in [0.2, 0.25) is 0 Å². The zero-order chi connectivity index (χ0) is 19.7. The molecule has 0 aliphatic heterocycles. The van der Waals surface area contributed by atoms with E-state index in [1.54, 1.807) is 29.5 Å². The van der Waals surface area contributed by atoms with Crippen LogP contribution in [0.15, 0.2) is 60.7 Å². The van der Waals surface area contributed by atoms with Crippen LogP contribution in [0.3, 0.4) is 0 Å². The van der Waals surface area contributed by atoms with E-state index in [-0.39, 0.29) is 0 Å². The lowest BCUT2D eigenvalue weighted by Crippen LogP contribution is -2.19. The van der Waals surface area contributed by atoms with E-state index in [1.807, 2.05) is 24.3 Å². The number of fused-ring (bicyclic) bond motifs is 1. The summed E-state index contributed by atoms with van der Waals surface area (Å²) in [6.07, 6.45) is 0. The minimum atomic E-state index is 0.437. The molecule has 0 radical (unpaired) electrons. The molecule has 2 N–H and O–H groups in total. The Kier molecular flexibility index (Phi) is 5.51. The summed E-state index contributed by atoms with van der Waals surface area (Å²) in [4.78, 5) is 4.72. The van der Waals surface area contributed by atoms with Crippen LogP contribution in [0.2, 0.25) is 10.0 Å². The Morgan fingerprint density at radius 3 is 2.54 bits per heavy atom. The van der Waals surface area contributed by atoms with Crippen molar-refractivity contribution in [1.82, 2.24) is 4.98 Å². The van der Waals surface area contributed by atoms with Gasteiger partial charge in [-0.1, -0.05) is 29.3 Å². The molecule has 1 heterocycles. The molecule has 3 nitrogen and oxygen atoms in total. The summed E-state index contributed by atoms with van der Waals surface area (Å²) in [6, 6.07) is 19.5. The number of nitrogens with one attached hydrogen (secondary N) is 2. The van der Waals surface area contributed by atoms with Gasteiger partial charge in [0.15, 0.2) is 5.11 Å². The molecule has 0 saturated carbocycles. The second kappa shape index (κ2) is 8.05. The number of rotatable bonds is 3. The van der Waals surface area contributed by atoms with E-state index in [2.05, 4.69) is 35.8 Å². The van der Waals surface area contributed by atoms with Crippen LogP contribution in [-0.4, -0.2) is 10.1 Å². The van der Waals surface area contributed by atoms with Gasteiger partial charge in [-0.25, -0.2) is 4.98 Å². The normalized spacial score (nSPS) is 10.8. The van der Waals surface area contributed by atoms with Crippen molar-refractivity contribution < 1.29 is 0 Å². The molecule has 0 amide bonds. The molecule has 4 aromatic rings. The van der Waals surface area contributed by atoms with Crippen LogP contribution >= 0.6 is 46.8 Å². The maximum atomic E-state index is 6.16. The molecule has 7 heteroatoms. The zero-order valence-corrected chi connectivity index (χ0v) is 17.9. The van der Waals surface area contributed by atoms with Crippen LogP contribution in [0, 0.1) is 6.92 Å². The Morgan fingerprint density at radius 1 is 0.964 bits per heavy atom. The molecule has 0 atom stereocenters. The first kappa shape index (κ1) is 19.2. The predicted molar refractivity (Wildman–Crippen MR) is 126 cm³/mol. The van der Waals surface area contributed by atoms with Gasteiger partial charge in [-0.3, -0.25) is 0 Å². The van der Waals surface area contributed by atoms with Gasteiger partial charge in [0, 0.05) is 16.3 Å². The fourth-order valence-electron chi connectivity index (χ4n) is 2.73. The Bertz CT molecular complexity index is 1170. The molecule has 0 bridgehead atoms. The number of thiazole rings is 1. The Hall–Kier alpha value is -2.18. The minimum absolute atomic E-state index is 0.437. The molecule has 0 aliphatic carbocycles. The average molecular weight is 444 g/mol. The topological polar surface area (TPSA) is 37.0 Å². The first-order valence-corrected chi connectivity index (χ1v) is 10.5. The van der Waals surface area contributed by atoms with Gasteiger partial charge in [0.1, 0.15) is 5.01 Å². The molecule has 4 rings (SSSR count). The van der Waals surface area contributed by atoms with Crippen LogP contribution in [0.25, 0.3) is 20.8 Å². The Morgan fingerprint density at radius 2 is 1.75 bits per heavy atom. The van der Waals surface area contributed by atoms with E-state index in [4.69, 9.17) is 40.4 Å². The molecule has 0 aliphatic rings. The lowest BCUT2D eigenvalue weighted by molar-refractivity contribution is 1.45. The van der Waals surface area contributed by atoms with E-state index < -0.39 is 0 Å². The molecule has 3 aromatic carbocycles. The van der Waals surface area contributed by atoms with Crippen LogP contribution in [0.5, 0.6) is 0 Å². The maximum Gasteiger partial charge on any atom is 0.175 e. The number of halogens is 2. The first-order valence-electron chi connectivity index (χ1n) is 8.48. The second-order valence-corrected chi connectivity index (χ2v) is 8.55. The quantitative estimate of drug-likeness (QED) is 0.323. The summed E-state index contributed by atoms with van der Waals surface area (Å²) in [6.45, 7) is 2.09. The second-order valence-electron chi connectivity index (χ2n) is 6.27. The van der Waals surface area contributed by atoms with Gasteiger partial charge in [-0.15, -0.1) is 11.3 Å². The molecule has 1 aromatic heterocycles. The predicted octanol–water partition coefficient (Wildman–Crippen LogP) is 7.39. The van der Waals surface area contributed by atoms with Gasteiger partial charge in [0.05, 0.1) is 20.9 Å². The fourth-order valence-corrected chi connectivity index (χ4v) is 4.36. The van der Waals surface area contributed by atoms with Crippen LogP contribution < -0.4 is 10.6 Å². The highest BCUT2D eigenvalue weighted by Gasteiger charge is 2.08. The number of aryl methyl sites for hydroxylation is 1. The number of thiocarbonyl (C=S) groups is 1. The highest BCUT2D eigenvalue weighted by atomic mass is 35.5. The number of hydrogen-bond donors (Lipinski definition) is 2. The van der Waals surface area contributed by atoms with E-state index in [1.165, 1.54) is 10.3 Å². The minimum Gasteiger partial charge on any atom is -0.332 e. The number of nitrogens with zero attached hydrogens (tertiary/aromatic N) is 1. The summed E-state index contributed by atoms with van der Waals surface area (Å²) in [5.41, 5.74) is 4.87. The summed E-state index contributed by atoms with van der Waals surface area (Å²) >= 11 is 19.2. The van der Waals surface area contributed by atoms with Crippen molar-refractivity contribution in [3.8, 4) is 10.6 Å². The molecule has 0 unspecified atom stereocenters. The molecular weight excluding hydrogens is 429 g/mol. The zero-order valence-electron chi connectivity index (χ0n) is 14.8. The summed E-state index contributed by atoms with van der Waals surface area (Å²) < 4.78 is 1.20. The molecule has 28 heavy (non-hydrogen) atoms. The smallest absolute Gasteiger partial charge is 0.175 e. The molecular formula is C21H15Cl2N3S2. The lowest BCUT2D eigenvalue weighted by Gasteiger charge is -2.12. The number of aromatic nitrogens is 1. The van der Waals surface area contributed by atoms with E-state index >= 15 is 0 Å². The van der Waals surface area contributed by atoms with Crippen LogP contribution in [-0.2, 0) is 0 Å². The summed E-state index contributed by atoms with van der Waals surface area (Å²) in [7, 11) is 0. The van der Waals surface area contributed by atoms with Gasteiger partial charge in [-0.2, -0.15) is 0 Å². The molecule has 0 fully saturated rings. The first-order chi connectivity index (χ1) is 13.5. The highest BCUT2D eigenvalue weighted by Crippen LogP contribution is 2.31. The van der Waals surface area contributed by atoms with Crippen LogP contribution in [0.4, 0.5) is 11.4 Å². The van der Waals surface area contributed by atoms with Crippen molar-refractivity contribution in [2.24, 2.45) is 0 Å². The van der Waals surface area contributed by atoms with Crippen molar-refractivity contribution >= 4 is 73.5 Å². The van der Waals surface area contributed by atoms with E-state index in [0.29, 0.717) is 20.8 Å². The van der Waals surface area contributed by atoms with E-state index in [9.17, 15) is 0 Å². The average Bonchev–Trinajstić information content (AvgIpc) is 3.08. The third-order valence-corrected chi connectivity index (χ3v) is 5.95. The molecule has 140 valence electrons. The monoisotopic (exact) mass is 443 g/mol. The third kappa shape index (κ3) is 4.28. The number of hydrogen-bond acceptors (Lipinski definition) is 3. The summed E-state index contributed by atoms with van der Waals surface area (Å²) in [5, 5.41) is 8.79. The SMILES string of the molecule is Cc1ccc2nc(-c3ccc(NC(=S)Nc4cc(Cl)ccc4Cl)cc3)sc2c1. The van der Waals surface area contributed by atoms with Crippen LogP contribution in [0.1, 0.15) is 5.56 Å². The van der Waals surface area contributed by atoms with Crippen molar-refractivity contribution in [1.29, 1.82) is 0 Å². The highest BCUT2D eigenvalue weighted by molar-refractivity contribution is 7.80. The summed E-state index contributed by atoms with van der Waals surface area (Å²) in [5.74, 6) is 0. The Labute approximate surface area is 182 Å².